The van der Waals surface area contributed by atoms with Gasteiger partial charge >= 0.3 is 0 Å². The minimum absolute atomic E-state index is 0.00654. The minimum Gasteiger partial charge on any atom is -0.395 e. The number of carbonyl (C=O) groups excluding carboxylic acids is 1. The third-order valence-electron chi connectivity index (χ3n) is 4.02. The van der Waals surface area contributed by atoms with Gasteiger partial charge in [-0.2, -0.15) is 0 Å². The zero-order chi connectivity index (χ0) is 16.0. The Morgan fingerprint density at radius 1 is 1.38 bits per heavy atom. The second kappa shape index (κ2) is 7.28. The Labute approximate surface area is 128 Å². The average Bonchev–Trinajstić information content (AvgIpc) is 2.47. The summed E-state index contributed by atoms with van der Waals surface area (Å²) in [5, 5.41) is 8.78. The molecular formula is C18H25NO2. The molecule has 0 aliphatic rings. The van der Waals surface area contributed by atoms with E-state index in [-0.39, 0.29) is 18.1 Å². The van der Waals surface area contributed by atoms with Crippen LogP contribution in [-0.2, 0) is 0 Å². The van der Waals surface area contributed by atoms with Crippen molar-refractivity contribution in [1.82, 2.24) is 4.90 Å². The molecule has 0 aliphatic carbocycles. The van der Waals surface area contributed by atoms with Gasteiger partial charge in [0, 0.05) is 30.1 Å². The van der Waals surface area contributed by atoms with Gasteiger partial charge in [-0.05, 0) is 44.9 Å². The molecule has 0 heterocycles. The number of aryl methyl sites for hydroxylation is 1. The van der Waals surface area contributed by atoms with Crippen LogP contribution in [-0.4, -0.2) is 35.1 Å². The summed E-state index contributed by atoms with van der Waals surface area (Å²) in [5.41, 5.74) is 2.36. The molecule has 0 radical (unpaired) electrons. The Morgan fingerprint density at radius 2 is 2.05 bits per heavy atom. The number of hydrogen-bond donors (Lipinski definition) is 1. The number of hydrogen-bond acceptors (Lipinski definition) is 2. The summed E-state index contributed by atoms with van der Waals surface area (Å²) < 4.78 is 0. The summed E-state index contributed by atoms with van der Waals surface area (Å²) in [5.74, 6) is 5.93. The first-order valence-electron chi connectivity index (χ1n) is 7.32. The molecule has 0 saturated carbocycles. The van der Waals surface area contributed by atoms with Crippen molar-refractivity contribution in [2.45, 2.75) is 46.1 Å². The fourth-order valence-electron chi connectivity index (χ4n) is 1.81. The van der Waals surface area contributed by atoms with E-state index in [1.165, 1.54) is 0 Å². The molecule has 0 spiro atoms. The van der Waals surface area contributed by atoms with Gasteiger partial charge in [0.1, 0.15) is 0 Å². The van der Waals surface area contributed by atoms with Crippen molar-refractivity contribution in [3.05, 3.63) is 34.9 Å². The normalized spacial score (nSPS) is 10.8. The van der Waals surface area contributed by atoms with Crippen LogP contribution in [0.2, 0.25) is 0 Å². The summed E-state index contributed by atoms with van der Waals surface area (Å²) in [7, 11) is 1.84. The lowest BCUT2D eigenvalue weighted by molar-refractivity contribution is 0.0620. The van der Waals surface area contributed by atoms with Crippen molar-refractivity contribution in [1.29, 1.82) is 0 Å². The molecule has 1 amide bonds. The molecule has 0 bridgehead atoms. The van der Waals surface area contributed by atoms with E-state index in [4.69, 9.17) is 5.11 Å². The molecule has 21 heavy (non-hydrogen) atoms. The molecule has 114 valence electrons. The molecule has 1 aromatic rings. The van der Waals surface area contributed by atoms with Gasteiger partial charge in [0.25, 0.3) is 5.91 Å². The summed E-state index contributed by atoms with van der Waals surface area (Å²) in [6, 6.07) is 5.60. The van der Waals surface area contributed by atoms with E-state index in [9.17, 15) is 4.79 Å². The number of carbonyl (C=O) groups is 1. The third kappa shape index (κ3) is 4.34. The fraction of sp³-hybridized carbons (Fsp3) is 0.500. The highest BCUT2D eigenvalue weighted by Gasteiger charge is 2.26. The largest absolute Gasteiger partial charge is 0.395 e. The monoisotopic (exact) mass is 287 g/mol. The van der Waals surface area contributed by atoms with E-state index in [0.29, 0.717) is 12.0 Å². The molecule has 0 unspecified atom stereocenters. The van der Waals surface area contributed by atoms with Crippen LogP contribution in [0.5, 0.6) is 0 Å². The van der Waals surface area contributed by atoms with Crippen LogP contribution in [0, 0.1) is 18.8 Å². The van der Waals surface area contributed by atoms with Crippen LogP contribution in [0.1, 0.15) is 55.1 Å². The lowest BCUT2D eigenvalue weighted by Gasteiger charge is -2.35. The van der Waals surface area contributed by atoms with E-state index in [1.807, 2.05) is 32.2 Å². The first-order chi connectivity index (χ1) is 9.83. The number of amides is 1. The average molecular weight is 287 g/mol. The molecule has 0 aromatic heterocycles. The van der Waals surface area contributed by atoms with E-state index in [1.54, 1.807) is 4.90 Å². The molecule has 1 rings (SSSR count). The van der Waals surface area contributed by atoms with Crippen LogP contribution in [0.4, 0.5) is 0 Å². The summed E-state index contributed by atoms with van der Waals surface area (Å²) in [6.45, 7) is 8.21. The fourth-order valence-corrected chi connectivity index (χ4v) is 1.81. The van der Waals surface area contributed by atoms with Crippen LogP contribution in [0.3, 0.4) is 0 Å². The lowest BCUT2D eigenvalue weighted by atomic mass is 9.98. The highest BCUT2D eigenvalue weighted by molar-refractivity contribution is 5.95. The number of nitrogens with zero attached hydrogens (tertiary/aromatic N) is 1. The summed E-state index contributed by atoms with van der Waals surface area (Å²) in [4.78, 5) is 14.4. The van der Waals surface area contributed by atoms with Crippen LogP contribution < -0.4 is 0 Å². The lowest BCUT2D eigenvalue weighted by Crippen LogP contribution is -2.44. The second-order valence-electron chi connectivity index (χ2n) is 5.84. The molecule has 3 nitrogen and oxygen atoms in total. The maximum absolute atomic E-state index is 12.6. The topological polar surface area (TPSA) is 40.5 Å². The van der Waals surface area contributed by atoms with Crippen molar-refractivity contribution >= 4 is 5.91 Å². The van der Waals surface area contributed by atoms with E-state index in [2.05, 4.69) is 32.6 Å². The zero-order valence-electron chi connectivity index (χ0n) is 13.7. The Kier molecular flexibility index (Phi) is 5.99. The van der Waals surface area contributed by atoms with Gasteiger partial charge in [-0.25, -0.2) is 0 Å². The maximum Gasteiger partial charge on any atom is 0.254 e. The SMILES string of the molecule is CCC(C)(C)N(C)C(=O)c1ccc(C)c(C#CCCO)c1. The molecule has 0 atom stereocenters. The number of benzene rings is 1. The van der Waals surface area contributed by atoms with Gasteiger partial charge in [0.15, 0.2) is 0 Å². The van der Waals surface area contributed by atoms with Crippen LogP contribution in [0.15, 0.2) is 18.2 Å². The highest BCUT2D eigenvalue weighted by atomic mass is 16.2. The first kappa shape index (κ1) is 17.3. The van der Waals surface area contributed by atoms with Crippen molar-refractivity contribution in [2.75, 3.05) is 13.7 Å². The van der Waals surface area contributed by atoms with Gasteiger partial charge in [0.05, 0.1) is 6.61 Å². The highest BCUT2D eigenvalue weighted by Crippen LogP contribution is 2.20. The third-order valence-corrected chi connectivity index (χ3v) is 4.02. The molecule has 0 fully saturated rings. The quantitative estimate of drug-likeness (QED) is 0.865. The van der Waals surface area contributed by atoms with Gasteiger partial charge in [0.2, 0.25) is 0 Å². The molecule has 1 aromatic carbocycles. The molecule has 0 saturated heterocycles. The molecule has 0 aliphatic heterocycles. The number of aliphatic hydroxyl groups excluding tert-OH is 1. The number of aliphatic hydroxyl groups is 1. The molecule has 1 N–H and O–H groups in total. The van der Waals surface area contributed by atoms with E-state index in [0.717, 1.165) is 17.5 Å². The Bertz CT molecular complexity index is 564. The Balaban J connectivity index is 3.07. The maximum atomic E-state index is 12.6. The van der Waals surface area contributed by atoms with Gasteiger partial charge in [-0.3, -0.25) is 4.79 Å². The Morgan fingerprint density at radius 3 is 2.62 bits per heavy atom. The van der Waals surface area contributed by atoms with Crippen molar-refractivity contribution in [2.24, 2.45) is 0 Å². The van der Waals surface area contributed by atoms with Gasteiger partial charge in [-0.15, -0.1) is 0 Å². The standard InChI is InChI=1S/C18H25NO2/c1-6-18(3,4)19(5)17(21)16-11-10-14(2)15(13-16)9-7-8-12-20/h10-11,13,20H,6,8,12H2,1-5H3. The van der Waals surface area contributed by atoms with Crippen LogP contribution >= 0.6 is 0 Å². The first-order valence-corrected chi connectivity index (χ1v) is 7.32. The second-order valence-corrected chi connectivity index (χ2v) is 5.84. The van der Waals surface area contributed by atoms with E-state index >= 15 is 0 Å². The minimum atomic E-state index is -0.176. The smallest absolute Gasteiger partial charge is 0.254 e. The Hall–Kier alpha value is -1.79. The molecule has 3 heteroatoms. The predicted molar refractivity (Wildman–Crippen MR) is 86.2 cm³/mol. The van der Waals surface area contributed by atoms with Crippen molar-refractivity contribution < 1.29 is 9.90 Å². The van der Waals surface area contributed by atoms with Gasteiger partial charge in [-0.1, -0.05) is 24.8 Å². The van der Waals surface area contributed by atoms with Gasteiger partial charge < -0.3 is 10.0 Å². The van der Waals surface area contributed by atoms with Crippen molar-refractivity contribution in [3.8, 4) is 11.8 Å². The number of rotatable bonds is 4. The van der Waals surface area contributed by atoms with Crippen molar-refractivity contribution in [3.63, 3.8) is 0 Å². The molecular weight excluding hydrogens is 262 g/mol. The summed E-state index contributed by atoms with van der Waals surface area (Å²) >= 11 is 0. The zero-order valence-corrected chi connectivity index (χ0v) is 13.7. The predicted octanol–water partition coefficient (Wildman–Crippen LogP) is 2.99. The van der Waals surface area contributed by atoms with Crippen LogP contribution in [0.25, 0.3) is 0 Å². The summed E-state index contributed by atoms with van der Waals surface area (Å²) in [6.07, 6.45) is 1.34. The van der Waals surface area contributed by atoms with E-state index < -0.39 is 0 Å².